The third-order valence-electron chi connectivity index (χ3n) is 0.932. The molecule has 93 valence electrons. The molecule has 0 aromatic carbocycles. The van der Waals surface area contributed by atoms with Crippen LogP contribution in [0.15, 0.2) is 0 Å². The van der Waals surface area contributed by atoms with Crippen LogP contribution < -0.4 is 0 Å². The molecular formula is C6H14Cl3N2O2Pt-2. The molecule has 0 spiro atoms. The summed E-state index contributed by atoms with van der Waals surface area (Å²) in [5.74, 6) is 0. The zero-order chi connectivity index (χ0) is 11.2. The molecule has 0 aromatic rings. The SMILES string of the molecule is OCC[N-]CC[N-]CCO.[Cl][Pt]([Cl])[Cl]. The van der Waals surface area contributed by atoms with Crippen molar-refractivity contribution in [2.24, 2.45) is 0 Å². The molecular weight excluding hydrogens is 434 g/mol. The Bertz CT molecular complexity index is 92.4. The van der Waals surface area contributed by atoms with E-state index >= 15 is 0 Å². The van der Waals surface area contributed by atoms with E-state index in [0.29, 0.717) is 26.2 Å². The molecule has 0 aliphatic carbocycles. The van der Waals surface area contributed by atoms with Crippen molar-refractivity contribution in [1.29, 1.82) is 0 Å². The summed E-state index contributed by atoms with van der Waals surface area (Å²) >= 11 is -1.85. The van der Waals surface area contributed by atoms with Crippen LogP contribution in [0.5, 0.6) is 0 Å². The maximum absolute atomic E-state index is 8.30. The number of nitrogens with zero attached hydrogens (tertiary/aromatic N) is 2. The summed E-state index contributed by atoms with van der Waals surface area (Å²) in [6.07, 6.45) is 0. The van der Waals surface area contributed by atoms with Gasteiger partial charge in [-0.25, -0.2) is 0 Å². The third kappa shape index (κ3) is 29.2. The predicted molar refractivity (Wildman–Crippen MR) is 57.9 cm³/mol. The summed E-state index contributed by atoms with van der Waals surface area (Å²) in [5.41, 5.74) is 0. The second-order valence-corrected chi connectivity index (χ2v) is 11.8. The van der Waals surface area contributed by atoms with Gasteiger partial charge < -0.3 is 20.8 Å². The number of rotatable bonds is 7. The molecule has 0 unspecified atom stereocenters. The molecule has 0 bridgehead atoms. The van der Waals surface area contributed by atoms with Gasteiger partial charge in [-0.05, 0) is 0 Å². The van der Waals surface area contributed by atoms with Gasteiger partial charge in [0.15, 0.2) is 0 Å². The van der Waals surface area contributed by atoms with E-state index in [9.17, 15) is 0 Å². The van der Waals surface area contributed by atoms with Crippen molar-refractivity contribution in [3.05, 3.63) is 10.6 Å². The topological polar surface area (TPSA) is 68.7 Å². The fourth-order valence-corrected chi connectivity index (χ4v) is 0.506. The molecule has 4 nitrogen and oxygen atoms in total. The first kappa shape index (κ1) is 17.8. The molecule has 0 saturated heterocycles. The van der Waals surface area contributed by atoms with Crippen molar-refractivity contribution in [3.8, 4) is 0 Å². The summed E-state index contributed by atoms with van der Waals surface area (Å²) in [6, 6.07) is 0. The van der Waals surface area contributed by atoms with Crippen LogP contribution in [0.3, 0.4) is 0 Å². The Labute approximate surface area is 102 Å². The normalized spacial score (nSPS) is 10.5. The van der Waals surface area contributed by atoms with Crippen molar-refractivity contribution in [2.45, 2.75) is 0 Å². The third-order valence-corrected chi connectivity index (χ3v) is 0.932. The molecule has 0 amide bonds. The summed E-state index contributed by atoms with van der Waals surface area (Å²) in [4.78, 5) is 0. The molecule has 0 aliphatic rings. The molecule has 0 aliphatic heterocycles. The van der Waals surface area contributed by atoms with Crippen LogP contribution in [-0.4, -0.2) is 49.6 Å². The van der Waals surface area contributed by atoms with E-state index < -0.39 is 14.2 Å². The van der Waals surface area contributed by atoms with Crippen LogP contribution in [0.4, 0.5) is 0 Å². The monoisotopic (exact) mass is 446 g/mol. The zero-order valence-electron chi connectivity index (χ0n) is 7.48. The number of halogens is 3. The van der Waals surface area contributed by atoms with Crippen LogP contribution in [0, 0.1) is 0 Å². The van der Waals surface area contributed by atoms with Gasteiger partial charge in [0.1, 0.15) is 0 Å². The first-order valence-electron chi connectivity index (χ1n) is 3.76. The Balaban J connectivity index is 0. The summed E-state index contributed by atoms with van der Waals surface area (Å²) < 4.78 is 0. The summed E-state index contributed by atoms with van der Waals surface area (Å²) in [5, 5.41) is 24.5. The van der Waals surface area contributed by atoms with Crippen LogP contribution in [0.1, 0.15) is 0 Å². The fraction of sp³-hybridized carbons (Fsp3) is 1.00. The number of hydrogen-bond donors (Lipinski definition) is 2. The summed E-state index contributed by atoms with van der Waals surface area (Å²) in [6.45, 7) is 2.52. The Morgan fingerprint density at radius 2 is 1.07 bits per heavy atom. The molecule has 0 heterocycles. The minimum atomic E-state index is -1.85. The van der Waals surface area contributed by atoms with Crippen molar-refractivity contribution >= 4 is 28.3 Å². The minimum absolute atomic E-state index is 0.111. The predicted octanol–water partition coefficient (Wildman–Crippen LogP) is 1.78. The Morgan fingerprint density at radius 3 is 1.29 bits per heavy atom. The standard InChI is InChI=1S/C6H14N2O2.3ClH.Pt/c9-5-3-7-1-2-8-4-6-10;;;;/h9-10H,1-6H2;3*1H;/q-2;;;;+3/p-3. The first-order valence-corrected chi connectivity index (χ1v) is 12.2. The molecule has 0 rings (SSSR count). The zero-order valence-corrected chi connectivity index (χ0v) is 12.0. The molecule has 0 fully saturated rings. The van der Waals surface area contributed by atoms with Crippen molar-refractivity contribution in [2.75, 3.05) is 39.4 Å². The second kappa shape index (κ2) is 16.8. The van der Waals surface area contributed by atoms with Crippen molar-refractivity contribution in [1.82, 2.24) is 0 Å². The molecule has 0 aromatic heterocycles. The Hall–Kier alpha value is 1.40. The van der Waals surface area contributed by atoms with E-state index in [1.165, 1.54) is 0 Å². The number of hydrogen-bond acceptors (Lipinski definition) is 2. The molecule has 14 heavy (non-hydrogen) atoms. The van der Waals surface area contributed by atoms with Gasteiger partial charge in [0.25, 0.3) is 0 Å². The number of aliphatic hydroxyl groups excluding tert-OH is 2. The van der Waals surface area contributed by atoms with E-state index in [1.807, 2.05) is 0 Å². The Morgan fingerprint density at radius 1 is 0.786 bits per heavy atom. The van der Waals surface area contributed by atoms with Crippen LogP contribution in [0.2, 0.25) is 0 Å². The van der Waals surface area contributed by atoms with E-state index in [0.717, 1.165) is 0 Å². The molecule has 0 saturated carbocycles. The van der Waals surface area contributed by atoms with E-state index in [2.05, 4.69) is 10.6 Å². The average molecular weight is 448 g/mol. The van der Waals surface area contributed by atoms with E-state index in [4.69, 9.17) is 38.5 Å². The fourth-order valence-electron chi connectivity index (χ4n) is 0.506. The van der Waals surface area contributed by atoms with E-state index in [-0.39, 0.29) is 13.2 Å². The Kier molecular flexibility index (Phi) is 21.4. The van der Waals surface area contributed by atoms with Crippen LogP contribution in [0.25, 0.3) is 10.6 Å². The molecule has 0 atom stereocenters. The van der Waals surface area contributed by atoms with Gasteiger partial charge in [0, 0.05) is 13.2 Å². The molecule has 8 heteroatoms. The first-order chi connectivity index (χ1) is 6.65. The van der Waals surface area contributed by atoms with Gasteiger partial charge in [-0.1, -0.05) is 0 Å². The van der Waals surface area contributed by atoms with Gasteiger partial charge in [0.05, 0.1) is 0 Å². The van der Waals surface area contributed by atoms with Crippen LogP contribution >= 0.6 is 28.3 Å². The van der Waals surface area contributed by atoms with Crippen molar-refractivity contribution < 1.29 is 24.4 Å². The summed E-state index contributed by atoms with van der Waals surface area (Å²) in [7, 11) is 14.9. The molecule has 0 radical (unpaired) electrons. The van der Waals surface area contributed by atoms with Gasteiger partial charge in [-0.3, -0.25) is 0 Å². The van der Waals surface area contributed by atoms with Crippen molar-refractivity contribution in [3.63, 3.8) is 0 Å². The average Bonchev–Trinajstić information content (AvgIpc) is 2.10. The maximum atomic E-state index is 8.30. The molecule has 2 N–H and O–H groups in total. The van der Waals surface area contributed by atoms with Gasteiger partial charge in [-0.2, -0.15) is 13.1 Å². The second-order valence-electron chi connectivity index (χ2n) is 1.92. The number of aliphatic hydroxyl groups is 2. The van der Waals surface area contributed by atoms with Gasteiger partial charge >= 0.3 is 42.4 Å². The quantitative estimate of drug-likeness (QED) is 0.584. The van der Waals surface area contributed by atoms with Crippen LogP contribution in [-0.2, 0) is 14.2 Å². The van der Waals surface area contributed by atoms with E-state index in [1.54, 1.807) is 0 Å². The van der Waals surface area contributed by atoms with Gasteiger partial charge in [-0.15, -0.1) is 13.1 Å². The van der Waals surface area contributed by atoms with Gasteiger partial charge in [0.2, 0.25) is 0 Å².